The summed E-state index contributed by atoms with van der Waals surface area (Å²) in [6, 6.07) is 1.98. The fraction of sp³-hybridized carbons (Fsp3) is 0.667. The minimum Gasteiger partial charge on any atom is -0.343 e. The lowest BCUT2D eigenvalue weighted by molar-refractivity contribution is 0.383. The van der Waals surface area contributed by atoms with Crippen molar-refractivity contribution in [3.8, 4) is 0 Å². The first-order valence-electron chi connectivity index (χ1n) is 5.57. The van der Waals surface area contributed by atoms with Gasteiger partial charge in [-0.15, -0.1) is 0 Å². The lowest BCUT2D eigenvalue weighted by Gasteiger charge is -2.29. The van der Waals surface area contributed by atoms with Crippen LogP contribution in [-0.4, -0.2) is 30.1 Å². The Kier molecular flexibility index (Phi) is 3.86. The monoisotopic (exact) mass is 222 g/mol. The molecule has 0 aromatic carbocycles. The van der Waals surface area contributed by atoms with Gasteiger partial charge in [0.05, 0.1) is 0 Å². The number of hydrogen-bond acceptors (Lipinski definition) is 4. The van der Waals surface area contributed by atoms with Crippen LogP contribution < -0.4 is 10.6 Å². The summed E-state index contributed by atoms with van der Waals surface area (Å²) in [7, 11) is 2.01. The van der Waals surface area contributed by atoms with Gasteiger partial charge in [-0.3, -0.25) is 0 Å². The maximum Gasteiger partial charge on any atom is 0.225 e. The Bertz CT molecular complexity index is 340. The van der Waals surface area contributed by atoms with Gasteiger partial charge in [-0.05, 0) is 31.9 Å². The van der Waals surface area contributed by atoms with E-state index in [-0.39, 0.29) is 5.41 Å². The molecule has 16 heavy (non-hydrogen) atoms. The highest BCUT2D eigenvalue weighted by atomic mass is 15.2. The van der Waals surface area contributed by atoms with Crippen molar-refractivity contribution < 1.29 is 0 Å². The summed E-state index contributed by atoms with van der Waals surface area (Å²) in [5.74, 6) is 0.777. The van der Waals surface area contributed by atoms with Crippen molar-refractivity contribution in [3.63, 3.8) is 0 Å². The van der Waals surface area contributed by atoms with Crippen molar-refractivity contribution in [2.45, 2.75) is 27.7 Å². The minimum atomic E-state index is 0.0791. The second kappa shape index (κ2) is 4.78. The quantitative estimate of drug-likeness (QED) is 0.839. The zero-order chi connectivity index (χ0) is 12.3. The predicted octanol–water partition coefficient (Wildman–Crippen LogP) is 1.51. The third-order valence-electron chi connectivity index (χ3n) is 2.53. The van der Waals surface area contributed by atoms with Crippen molar-refractivity contribution in [3.05, 3.63) is 17.5 Å². The van der Waals surface area contributed by atoms with E-state index < -0.39 is 0 Å². The van der Waals surface area contributed by atoms with Crippen LogP contribution in [0.3, 0.4) is 0 Å². The number of aryl methyl sites for hydroxylation is 2. The van der Waals surface area contributed by atoms with Crippen LogP contribution in [0.15, 0.2) is 6.07 Å². The van der Waals surface area contributed by atoms with Crippen molar-refractivity contribution in [2.75, 3.05) is 25.0 Å². The molecule has 1 heterocycles. The van der Waals surface area contributed by atoms with E-state index >= 15 is 0 Å². The molecule has 0 saturated carbocycles. The summed E-state index contributed by atoms with van der Waals surface area (Å²) in [5, 5.41) is 0. The Hall–Kier alpha value is -1.16. The van der Waals surface area contributed by atoms with Gasteiger partial charge in [0.25, 0.3) is 0 Å². The molecule has 0 saturated heterocycles. The maximum absolute atomic E-state index is 5.72. The Labute approximate surface area is 97.9 Å². The van der Waals surface area contributed by atoms with E-state index in [0.29, 0.717) is 6.54 Å². The first-order valence-corrected chi connectivity index (χ1v) is 5.57. The fourth-order valence-electron chi connectivity index (χ4n) is 1.66. The highest BCUT2D eigenvalue weighted by Crippen LogP contribution is 2.17. The number of nitrogens with two attached hydrogens (primary N) is 1. The summed E-state index contributed by atoms with van der Waals surface area (Å²) >= 11 is 0. The minimum absolute atomic E-state index is 0.0791. The molecule has 0 atom stereocenters. The first kappa shape index (κ1) is 12.9. The summed E-state index contributed by atoms with van der Waals surface area (Å²) in [6.45, 7) is 9.77. The van der Waals surface area contributed by atoms with Gasteiger partial charge in [0, 0.05) is 25.0 Å². The average molecular weight is 222 g/mol. The molecule has 0 spiro atoms. The normalized spacial score (nSPS) is 11.6. The van der Waals surface area contributed by atoms with E-state index in [4.69, 9.17) is 5.73 Å². The fourth-order valence-corrected chi connectivity index (χ4v) is 1.66. The molecule has 0 aliphatic heterocycles. The number of nitrogens with zero attached hydrogens (tertiary/aromatic N) is 3. The van der Waals surface area contributed by atoms with Crippen LogP contribution >= 0.6 is 0 Å². The molecule has 0 fully saturated rings. The Morgan fingerprint density at radius 2 is 1.75 bits per heavy atom. The molecule has 0 aliphatic rings. The molecule has 4 heteroatoms. The number of anilines is 1. The highest BCUT2D eigenvalue weighted by Gasteiger charge is 2.19. The molecule has 0 aliphatic carbocycles. The van der Waals surface area contributed by atoms with Gasteiger partial charge in [-0.1, -0.05) is 13.8 Å². The van der Waals surface area contributed by atoms with Gasteiger partial charge in [-0.2, -0.15) is 0 Å². The third kappa shape index (κ3) is 3.45. The zero-order valence-corrected chi connectivity index (χ0v) is 10.9. The Morgan fingerprint density at radius 3 is 2.19 bits per heavy atom. The van der Waals surface area contributed by atoms with Crippen LogP contribution in [0, 0.1) is 19.3 Å². The predicted molar refractivity (Wildman–Crippen MR) is 67.6 cm³/mol. The number of rotatable bonds is 4. The van der Waals surface area contributed by atoms with E-state index in [1.807, 2.05) is 27.0 Å². The SMILES string of the molecule is Cc1cc(C)nc(N(C)CC(C)(C)CN)n1. The van der Waals surface area contributed by atoms with Crippen LogP contribution in [0.4, 0.5) is 5.95 Å². The van der Waals surface area contributed by atoms with Crippen LogP contribution in [0.5, 0.6) is 0 Å². The highest BCUT2D eigenvalue weighted by molar-refractivity contribution is 5.31. The van der Waals surface area contributed by atoms with Crippen LogP contribution in [-0.2, 0) is 0 Å². The van der Waals surface area contributed by atoms with E-state index in [1.54, 1.807) is 0 Å². The summed E-state index contributed by atoms with van der Waals surface area (Å²) in [5.41, 5.74) is 7.80. The molecular formula is C12H22N4. The molecule has 1 aromatic rings. The van der Waals surface area contributed by atoms with Gasteiger partial charge in [0.2, 0.25) is 5.95 Å². The summed E-state index contributed by atoms with van der Waals surface area (Å²) in [6.07, 6.45) is 0. The standard InChI is InChI=1S/C12H22N4/c1-9-6-10(2)15-11(14-9)16(5)8-12(3,4)7-13/h6H,7-8,13H2,1-5H3. The van der Waals surface area contributed by atoms with Gasteiger partial charge in [0.1, 0.15) is 0 Å². The Balaban J connectivity index is 2.84. The van der Waals surface area contributed by atoms with Crippen LogP contribution in [0.1, 0.15) is 25.2 Å². The molecular weight excluding hydrogens is 200 g/mol. The van der Waals surface area contributed by atoms with Crippen molar-refractivity contribution in [1.82, 2.24) is 9.97 Å². The van der Waals surface area contributed by atoms with Crippen molar-refractivity contribution >= 4 is 5.95 Å². The topological polar surface area (TPSA) is 55.0 Å². The zero-order valence-electron chi connectivity index (χ0n) is 10.9. The van der Waals surface area contributed by atoms with Gasteiger partial charge >= 0.3 is 0 Å². The molecule has 2 N–H and O–H groups in total. The van der Waals surface area contributed by atoms with Gasteiger partial charge in [-0.25, -0.2) is 9.97 Å². The van der Waals surface area contributed by atoms with E-state index in [0.717, 1.165) is 23.9 Å². The van der Waals surface area contributed by atoms with Crippen molar-refractivity contribution in [1.29, 1.82) is 0 Å². The second-order valence-corrected chi connectivity index (χ2v) is 5.18. The molecule has 0 unspecified atom stereocenters. The number of aromatic nitrogens is 2. The lowest BCUT2D eigenvalue weighted by Crippen LogP contribution is -2.37. The maximum atomic E-state index is 5.72. The first-order chi connectivity index (χ1) is 7.34. The lowest BCUT2D eigenvalue weighted by atomic mass is 9.93. The van der Waals surface area contributed by atoms with E-state index in [1.165, 1.54) is 0 Å². The van der Waals surface area contributed by atoms with Crippen LogP contribution in [0.2, 0.25) is 0 Å². The molecule has 90 valence electrons. The molecule has 1 rings (SSSR count). The molecule has 4 nitrogen and oxygen atoms in total. The van der Waals surface area contributed by atoms with Gasteiger partial charge < -0.3 is 10.6 Å². The van der Waals surface area contributed by atoms with Crippen molar-refractivity contribution in [2.24, 2.45) is 11.1 Å². The largest absolute Gasteiger partial charge is 0.343 e. The molecule has 0 radical (unpaired) electrons. The molecule has 0 bridgehead atoms. The molecule has 0 amide bonds. The third-order valence-corrected chi connectivity index (χ3v) is 2.53. The summed E-state index contributed by atoms with van der Waals surface area (Å²) < 4.78 is 0. The van der Waals surface area contributed by atoms with E-state index in [2.05, 4.69) is 28.7 Å². The smallest absolute Gasteiger partial charge is 0.225 e. The average Bonchev–Trinajstić information content (AvgIpc) is 2.15. The molecule has 1 aromatic heterocycles. The second-order valence-electron chi connectivity index (χ2n) is 5.18. The number of hydrogen-bond donors (Lipinski definition) is 1. The van der Waals surface area contributed by atoms with Crippen LogP contribution in [0.25, 0.3) is 0 Å². The van der Waals surface area contributed by atoms with E-state index in [9.17, 15) is 0 Å². The van der Waals surface area contributed by atoms with Gasteiger partial charge in [0.15, 0.2) is 0 Å². The Morgan fingerprint density at radius 1 is 1.25 bits per heavy atom. The summed E-state index contributed by atoms with van der Waals surface area (Å²) in [4.78, 5) is 10.9.